The molecule has 2 aromatic rings. The lowest BCUT2D eigenvalue weighted by atomic mass is 10.00. The first-order valence-corrected chi connectivity index (χ1v) is 13.1. The molecule has 1 aromatic heterocycles. The SMILES string of the molecule is Cc1ccc(CN(C)C(=O)CSc2nnc(N3CCC(C)CC3)n2C[C@@H]2CCCO2)c(C)c1. The maximum Gasteiger partial charge on any atom is 0.233 e. The van der Waals surface area contributed by atoms with Crippen LogP contribution in [0.25, 0.3) is 0 Å². The Balaban J connectivity index is 1.42. The van der Waals surface area contributed by atoms with Crippen LogP contribution in [0, 0.1) is 19.8 Å². The van der Waals surface area contributed by atoms with Crippen LogP contribution in [0.1, 0.15) is 49.3 Å². The van der Waals surface area contributed by atoms with Gasteiger partial charge in [0, 0.05) is 33.3 Å². The number of nitrogens with zero attached hydrogens (tertiary/aromatic N) is 5. The first kappa shape index (κ1) is 24.1. The first-order valence-electron chi connectivity index (χ1n) is 12.1. The van der Waals surface area contributed by atoms with Gasteiger partial charge in [-0.3, -0.25) is 9.36 Å². The number of piperidine rings is 1. The zero-order valence-corrected chi connectivity index (χ0v) is 21.2. The lowest BCUT2D eigenvalue weighted by Gasteiger charge is -2.31. The Kier molecular flexibility index (Phi) is 7.96. The van der Waals surface area contributed by atoms with E-state index in [9.17, 15) is 4.79 Å². The van der Waals surface area contributed by atoms with Crippen LogP contribution < -0.4 is 4.90 Å². The zero-order chi connectivity index (χ0) is 23.4. The molecule has 0 spiro atoms. The normalized spacial score (nSPS) is 19.3. The van der Waals surface area contributed by atoms with Crippen molar-refractivity contribution in [3.8, 4) is 0 Å². The first-order chi connectivity index (χ1) is 15.9. The van der Waals surface area contributed by atoms with Gasteiger partial charge in [0.15, 0.2) is 5.16 Å². The van der Waals surface area contributed by atoms with Crippen molar-refractivity contribution in [2.45, 2.75) is 70.8 Å². The molecule has 1 amide bonds. The van der Waals surface area contributed by atoms with E-state index in [4.69, 9.17) is 4.74 Å². The standard InChI is InChI=1S/C25H37N5O2S/c1-18-9-11-29(12-10-18)24-26-27-25(30(24)16-22-6-5-13-32-22)33-17-23(31)28(4)15-21-8-7-19(2)14-20(21)3/h7-8,14,18,22H,5-6,9-13,15-17H2,1-4H3/t22-/m0/s1. The van der Waals surface area contributed by atoms with E-state index in [-0.39, 0.29) is 12.0 Å². The highest BCUT2D eigenvalue weighted by atomic mass is 32.2. The Morgan fingerprint density at radius 3 is 2.70 bits per heavy atom. The smallest absolute Gasteiger partial charge is 0.233 e. The molecule has 8 heteroatoms. The average molecular weight is 472 g/mol. The van der Waals surface area contributed by atoms with Crippen molar-refractivity contribution in [3.63, 3.8) is 0 Å². The molecule has 2 fully saturated rings. The number of thioether (sulfide) groups is 1. The number of carbonyl (C=O) groups is 1. The van der Waals surface area contributed by atoms with Gasteiger partial charge in [-0.1, -0.05) is 42.4 Å². The molecule has 4 rings (SSSR count). The summed E-state index contributed by atoms with van der Waals surface area (Å²) in [6, 6.07) is 6.39. The fraction of sp³-hybridized carbons (Fsp3) is 0.640. The zero-order valence-electron chi connectivity index (χ0n) is 20.4. The Morgan fingerprint density at radius 1 is 1.21 bits per heavy atom. The van der Waals surface area contributed by atoms with E-state index < -0.39 is 0 Å². The maximum atomic E-state index is 12.9. The molecule has 2 aliphatic rings. The topological polar surface area (TPSA) is 63.5 Å². The van der Waals surface area contributed by atoms with Crippen LogP contribution in [0.5, 0.6) is 0 Å². The van der Waals surface area contributed by atoms with Crippen molar-refractivity contribution in [1.29, 1.82) is 0 Å². The number of hydrogen-bond acceptors (Lipinski definition) is 6. The van der Waals surface area contributed by atoms with Gasteiger partial charge in [-0.15, -0.1) is 10.2 Å². The number of ether oxygens (including phenoxy) is 1. The number of anilines is 1. The number of hydrogen-bond donors (Lipinski definition) is 0. The molecular weight excluding hydrogens is 434 g/mol. The fourth-order valence-electron chi connectivity index (χ4n) is 4.59. The van der Waals surface area contributed by atoms with E-state index >= 15 is 0 Å². The third-order valence-electron chi connectivity index (χ3n) is 6.83. The maximum absolute atomic E-state index is 12.9. The fourth-order valence-corrected chi connectivity index (χ4v) is 5.47. The lowest BCUT2D eigenvalue weighted by Crippen LogP contribution is -2.35. The van der Waals surface area contributed by atoms with Gasteiger partial charge >= 0.3 is 0 Å². The predicted octanol–water partition coefficient (Wildman–Crippen LogP) is 4.06. The summed E-state index contributed by atoms with van der Waals surface area (Å²) in [5.41, 5.74) is 3.65. The summed E-state index contributed by atoms with van der Waals surface area (Å²) in [6.45, 7) is 10.7. The van der Waals surface area contributed by atoms with Gasteiger partial charge in [-0.25, -0.2) is 0 Å². The Bertz CT molecular complexity index is 948. The molecule has 180 valence electrons. The molecule has 3 heterocycles. The molecule has 7 nitrogen and oxygen atoms in total. The summed E-state index contributed by atoms with van der Waals surface area (Å²) in [6.07, 6.45) is 4.73. The van der Waals surface area contributed by atoms with Crippen molar-refractivity contribution in [1.82, 2.24) is 19.7 Å². The molecule has 33 heavy (non-hydrogen) atoms. The van der Waals surface area contributed by atoms with E-state index in [2.05, 4.69) is 58.6 Å². The minimum atomic E-state index is 0.0972. The van der Waals surface area contributed by atoms with Gasteiger partial charge in [0.05, 0.1) is 18.4 Å². The van der Waals surface area contributed by atoms with Gasteiger partial charge in [-0.2, -0.15) is 0 Å². The van der Waals surface area contributed by atoms with Crippen LogP contribution >= 0.6 is 11.8 Å². The third-order valence-corrected chi connectivity index (χ3v) is 7.78. The van der Waals surface area contributed by atoms with E-state index in [1.165, 1.54) is 41.3 Å². The largest absolute Gasteiger partial charge is 0.376 e. The molecular formula is C25H37N5O2S. The third kappa shape index (κ3) is 6.09. The highest BCUT2D eigenvalue weighted by Crippen LogP contribution is 2.28. The molecule has 1 aromatic carbocycles. The van der Waals surface area contributed by atoms with E-state index in [0.29, 0.717) is 12.3 Å². The van der Waals surface area contributed by atoms with Crippen LogP contribution in [0.15, 0.2) is 23.4 Å². The lowest BCUT2D eigenvalue weighted by molar-refractivity contribution is -0.127. The molecule has 0 N–H and O–H groups in total. The van der Waals surface area contributed by atoms with Gasteiger partial charge in [0.1, 0.15) is 0 Å². The highest BCUT2D eigenvalue weighted by Gasteiger charge is 2.26. The summed E-state index contributed by atoms with van der Waals surface area (Å²) in [5.74, 6) is 2.13. The monoisotopic (exact) mass is 471 g/mol. The number of rotatable bonds is 8. The van der Waals surface area contributed by atoms with Crippen LogP contribution in [-0.4, -0.2) is 64.2 Å². The number of aromatic nitrogens is 3. The predicted molar refractivity (Wildman–Crippen MR) is 133 cm³/mol. The van der Waals surface area contributed by atoms with Crippen LogP contribution in [0.3, 0.4) is 0 Å². The number of amides is 1. The second-order valence-electron chi connectivity index (χ2n) is 9.67. The number of aryl methyl sites for hydroxylation is 2. The molecule has 0 bridgehead atoms. The Labute approximate surface area is 201 Å². The van der Waals surface area contributed by atoms with Crippen LogP contribution in [0.4, 0.5) is 5.95 Å². The quantitative estimate of drug-likeness (QED) is 0.541. The molecule has 2 aliphatic heterocycles. The second-order valence-corrected chi connectivity index (χ2v) is 10.6. The van der Waals surface area contributed by atoms with Crippen molar-refractivity contribution in [2.24, 2.45) is 5.92 Å². The summed E-state index contributed by atoms with van der Waals surface area (Å²) < 4.78 is 8.10. The molecule has 1 atom stereocenters. The van der Waals surface area contributed by atoms with Gasteiger partial charge in [-0.05, 0) is 56.6 Å². The minimum Gasteiger partial charge on any atom is -0.376 e. The number of benzene rings is 1. The molecule has 2 saturated heterocycles. The minimum absolute atomic E-state index is 0.0972. The van der Waals surface area contributed by atoms with Crippen LogP contribution in [0.2, 0.25) is 0 Å². The van der Waals surface area contributed by atoms with Gasteiger partial charge in [0.25, 0.3) is 0 Å². The Morgan fingerprint density at radius 2 is 2.00 bits per heavy atom. The molecule has 0 radical (unpaired) electrons. The molecule has 0 saturated carbocycles. The molecule has 0 aliphatic carbocycles. The van der Waals surface area contributed by atoms with Gasteiger partial charge < -0.3 is 14.5 Å². The van der Waals surface area contributed by atoms with Crippen molar-refractivity contribution >= 4 is 23.6 Å². The summed E-state index contributed by atoms with van der Waals surface area (Å²) in [7, 11) is 1.87. The second kappa shape index (κ2) is 10.9. The van der Waals surface area contributed by atoms with E-state index in [0.717, 1.165) is 56.1 Å². The van der Waals surface area contributed by atoms with Crippen molar-refractivity contribution in [3.05, 3.63) is 34.9 Å². The summed E-state index contributed by atoms with van der Waals surface area (Å²) >= 11 is 1.49. The average Bonchev–Trinajstić information content (AvgIpc) is 3.45. The van der Waals surface area contributed by atoms with Crippen LogP contribution in [-0.2, 0) is 22.6 Å². The summed E-state index contributed by atoms with van der Waals surface area (Å²) in [5, 5.41) is 9.87. The summed E-state index contributed by atoms with van der Waals surface area (Å²) in [4.78, 5) is 17.1. The van der Waals surface area contributed by atoms with E-state index in [1.807, 2.05) is 7.05 Å². The van der Waals surface area contributed by atoms with Crippen molar-refractivity contribution in [2.75, 3.05) is 37.4 Å². The molecule has 0 unspecified atom stereocenters. The van der Waals surface area contributed by atoms with Gasteiger partial charge in [0.2, 0.25) is 11.9 Å². The Hall–Kier alpha value is -2.06. The van der Waals surface area contributed by atoms with Crippen molar-refractivity contribution < 1.29 is 9.53 Å². The van der Waals surface area contributed by atoms with E-state index in [1.54, 1.807) is 4.90 Å². The highest BCUT2D eigenvalue weighted by molar-refractivity contribution is 7.99. The number of carbonyl (C=O) groups excluding carboxylic acids is 1.